The van der Waals surface area contributed by atoms with E-state index in [9.17, 15) is 13.2 Å². The molecule has 0 amide bonds. The van der Waals surface area contributed by atoms with Crippen LogP contribution < -0.4 is 0 Å². The van der Waals surface area contributed by atoms with E-state index in [2.05, 4.69) is 0 Å². The minimum Gasteiger partial charge on any atom is -0.464 e. The van der Waals surface area contributed by atoms with Crippen molar-refractivity contribution in [1.29, 1.82) is 0 Å². The maximum Gasteiger partial charge on any atom is 0.417 e. The van der Waals surface area contributed by atoms with Gasteiger partial charge in [0, 0.05) is 10.5 Å². The number of rotatable bonds is 2. The fourth-order valence-corrected chi connectivity index (χ4v) is 1.97. The molecule has 5 heteroatoms. The summed E-state index contributed by atoms with van der Waals surface area (Å²) in [5.74, 6) is 0.227. The first kappa shape index (κ1) is 12.1. The number of hydrogen-bond donors (Lipinski definition) is 0. The van der Waals surface area contributed by atoms with E-state index in [1.807, 2.05) is 0 Å². The molecule has 0 N–H and O–H groups in total. The Bertz CT molecular complexity index is 503. The average molecular weight is 258 g/mol. The molecular formula is C12H9F3OS. The van der Waals surface area contributed by atoms with E-state index in [1.165, 1.54) is 30.2 Å². The molecule has 1 nitrogen and oxygen atoms in total. The summed E-state index contributed by atoms with van der Waals surface area (Å²) in [5, 5.41) is 0. The molecule has 0 spiro atoms. The zero-order valence-electron chi connectivity index (χ0n) is 8.91. The van der Waals surface area contributed by atoms with Crippen molar-refractivity contribution in [3.8, 4) is 11.3 Å². The lowest BCUT2D eigenvalue weighted by Gasteiger charge is -2.12. The molecule has 0 aliphatic heterocycles. The van der Waals surface area contributed by atoms with Crippen LogP contribution in [0.4, 0.5) is 13.2 Å². The molecule has 2 rings (SSSR count). The minimum atomic E-state index is -4.38. The van der Waals surface area contributed by atoms with Gasteiger partial charge in [0.25, 0.3) is 0 Å². The van der Waals surface area contributed by atoms with Crippen LogP contribution in [0.25, 0.3) is 11.3 Å². The molecule has 0 aliphatic rings. The van der Waals surface area contributed by atoms with E-state index >= 15 is 0 Å². The topological polar surface area (TPSA) is 13.1 Å². The zero-order valence-corrected chi connectivity index (χ0v) is 9.73. The van der Waals surface area contributed by atoms with Gasteiger partial charge in [0.15, 0.2) is 0 Å². The predicted molar refractivity (Wildman–Crippen MR) is 60.9 cm³/mol. The highest BCUT2D eigenvalue weighted by atomic mass is 32.2. The molecule has 0 saturated heterocycles. The van der Waals surface area contributed by atoms with E-state index in [0.717, 1.165) is 6.07 Å². The zero-order chi connectivity index (χ0) is 12.5. The summed E-state index contributed by atoms with van der Waals surface area (Å²) in [6.45, 7) is 0. The van der Waals surface area contributed by atoms with Gasteiger partial charge in [-0.1, -0.05) is 0 Å². The number of alkyl halides is 3. The number of hydrogen-bond acceptors (Lipinski definition) is 2. The van der Waals surface area contributed by atoms with Crippen LogP contribution in [0.5, 0.6) is 0 Å². The Balaban J connectivity index is 2.59. The quantitative estimate of drug-likeness (QED) is 0.725. The molecule has 0 unspecified atom stereocenters. The van der Waals surface area contributed by atoms with Crippen molar-refractivity contribution in [2.75, 3.05) is 6.26 Å². The first-order valence-electron chi connectivity index (χ1n) is 4.81. The molecule has 0 saturated carbocycles. The van der Waals surface area contributed by atoms with Crippen molar-refractivity contribution >= 4 is 11.8 Å². The highest BCUT2D eigenvalue weighted by molar-refractivity contribution is 7.98. The second-order valence-corrected chi connectivity index (χ2v) is 4.27. The molecule has 0 aliphatic carbocycles. The number of benzene rings is 1. The van der Waals surface area contributed by atoms with Crippen LogP contribution >= 0.6 is 11.8 Å². The van der Waals surface area contributed by atoms with Crippen LogP contribution in [0.15, 0.2) is 45.9 Å². The summed E-state index contributed by atoms with van der Waals surface area (Å²) in [6, 6.07) is 7.31. The van der Waals surface area contributed by atoms with Crippen molar-refractivity contribution in [3.63, 3.8) is 0 Å². The minimum absolute atomic E-state index is 0.0697. The smallest absolute Gasteiger partial charge is 0.417 e. The summed E-state index contributed by atoms with van der Waals surface area (Å²) < 4.78 is 43.7. The third-order valence-corrected chi connectivity index (χ3v) is 3.04. The molecule has 0 radical (unpaired) electrons. The Labute approximate surface area is 101 Å². The molecule has 1 aromatic carbocycles. The normalized spacial score (nSPS) is 11.8. The largest absolute Gasteiger partial charge is 0.464 e. The van der Waals surface area contributed by atoms with Crippen LogP contribution in [-0.4, -0.2) is 6.26 Å². The maximum atomic E-state index is 12.9. The first-order chi connectivity index (χ1) is 8.02. The predicted octanol–water partition coefficient (Wildman–Crippen LogP) is 4.69. The van der Waals surface area contributed by atoms with Gasteiger partial charge in [0.1, 0.15) is 5.76 Å². The standard InChI is InChI=1S/C12H9F3OS/c1-17-8-4-5-9(11-3-2-6-16-11)10(7-8)12(13,14)15/h2-7H,1H3. The average Bonchev–Trinajstić information content (AvgIpc) is 2.80. The summed E-state index contributed by atoms with van der Waals surface area (Å²) in [7, 11) is 0. The fourth-order valence-electron chi connectivity index (χ4n) is 1.53. The summed E-state index contributed by atoms with van der Waals surface area (Å²) in [6.07, 6.45) is -1.28. The Kier molecular flexibility index (Phi) is 3.19. The second kappa shape index (κ2) is 4.49. The van der Waals surface area contributed by atoms with Crippen molar-refractivity contribution in [1.82, 2.24) is 0 Å². The first-order valence-corrected chi connectivity index (χ1v) is 6.04. The Morgan fingerprint density at radius 2 is 1.94 bits per heavy atom. The van der Waals surface area contributed by atoms with Crippen LogP contribution in [-0.2, 0) is 6.18 Å². The van der Waals surface area contributed by atoms with Gasteiger partial charge in [0.05, 0.1) is 11.8 Å². The highest BCUT2D eigenvalue weighted by Crippen LogP contribution is 2.39. The SMILES string of the molecule is CSc1ccc(-c2ccco2)c(C(F)(F)F)c1. The van der Waals surface area contributed by atoms with Gasteiger partial charge < -0.3 is 4.42 Å². The van der Waals surface area contributed by atoms with Gasteiger partial charge in [-0.2, -0.15) is 13.2 Å². The van der Waals surface area contributed by atoms with E-state index in [1.54, 1.807) is 18.4 Å². The fraction of sp³-hybridized carbons (Fsp3) is 0.167. The number of thioether (sulfide) groups is 1. The molecule has 0 bridgehead atoms. The number of halogens is 3. The van der Waals surface area contributed by atoms with E-state index < -0.39 is 11.7 Å². The van der Waals surface area contributed by atoms with Crippen LogP contribution in [0.2, 0.25) is 0 Å². The van der Waals surface area contributed by atoms with Crippen LogP contribution in [0, 0.1) is 0 Å². The van der Waals surface area contributed by atoms with Gasteiger partial charge in [-0.05, 0) is 36.6 Å². The van der Waals surface area contributed by atoms with Crippen LogP contribution in [0.1, 0.15) is 5.56 Å². The summed E-state index contributed by atoms with van der Waals surface area (Å²) >= 11 is 1.27. The molecule has 17 heavy (non-hydrogen) atoms. The van der Waals surface area contributed by atoms with Gasteiger partial charge in [-0.15, -0.1) is 11.8 Å². The van der Waals surface area contributed by atoms with E-state index in [0.29, 0.717) is 4.90 Å². The summed E-state index contributed by atoms with van der Waals surface area (Å²) in [5.41, 5.74) is -0.598. The Hall–Kier alpha value is -1.36. The number of furan rings is 1. The van der Waals surface area contributed by atoms with Gasteiger partial charge >= 0.3 is 6.18 Å². The Morgan fingerprint density at radius 3 is 2.47 bits per heavy atom. The van der Waals surface area contributed by atoms with E-state index in [-0.39, 0.29) is 11.3 Å². The third-order valence-electron chi connectivity index (χ3n) is 2.32. The monoisotopic (exact) mass is 258 g/mol. The van der Waals surface area contributed by atoms with Gasteiger partial charge in [-0.25, -0.2) is 0 Å². The molecule has 0 fully saturated rings. The van der Waals surface area contributed by atoms with E-state index in [4.69, 9.17) is 4.42 Å². The van der Waals surface area contributed by atoms with Crippen molar-refractivity contribution in [2.24, 2.45) is 0 Å². The van der Waals surface area contributed by atoms with Gasteiger partial charge in [-0.3, -0.25) is 0 Å². The lowest BCUT2D eigenvalue weighted by molar-refractivity contribution is -0.137. The molecule has 90 valence electrons. The molecule has 2 aromatic rings. The second-order valence-electron chi connectivity index (χ2n) is 3.39. The van der Waals surface area contributed by atoms with Crippen molar-refractivity contribution in [2.45, 2.75) is 11.1 Å². The molecule has 0 atom stereocenters. The van der Waals surface area contributed by atoms with Crippen molar-refractivity contribution in [3.05, 3.63) is 42.2 Å². The Morgan fingerprint density at radius 1 is 1.18 bits per heavy atom. The van der Waals surface area contributed by atoms with Crippen molar-refractivity contribution < 1.29 is 17.6 Å². The lowest BCUT2D eigenvalue weighted by Crippen LogP contribution is -2.07. The molecule has 1 heterocycles. The summed E-state index contributed by atoms with van der Waals surface area (Å²) in [4.78, 5) is 0.577. The molecule has 1 aromatic heterocycles. The lowest BCUT2D eigenvalue weighted by atomic mass is 10.1. The third kappa shape index (κ3) is 2.49. The van der Waals surface area contributed by atoms with Crippen LogP contribution in [0.3, 0.4) is 0 Å². The van der Waals surface area contributed by atoms with Gasteiger partial charge in [0.2, 0.25) is 0 Å². The maximum absolute atomic E-state index is 12.9. The highest BCUT2D eigenvalue weighted by Gasteiger charge is 2.34. The molecular weight excluding hydrogens is 249 g/mol.